The van der Waals surface area contributed by atoms with Gasteiger partial charge in [-0.05, 0) is 48.9 Å². The van der Waals surface area contributed by atoms with Crippen molar-refractivity contribution in [3.8, 4) is 11.5 Å². The van der Waals surface area contributed by atoms with Gasteiger partial charge in [-0.15, -0.1) is 11.8 Å². The molecular formula is C19H17NO4S. The number of hydrogen-bond donors (Lipinski definition) is 1. The smallest absolute Gasteiger partial charge is 0.231 e. The minimum Gasteiger partial charge on any atom is -0.486 e. The van der Waals surface area contributed by atoms with E-state index in [1.54, 1.807) is 12.1 Å². The molecular weight excluding hydrogens is 338 g/mol. The lowest BCUT2D eigenvalue weighted by Crippen LogP contribution is -2.15. The van der Waals surface area contributed by atoms with Crippen LogP contribution in [0.15, 0.2) is 41.3 Å². The highest BCUT2D eigenvalue weighted by Gasteiger charge is 2.27. The first-order valence-electron chi connectivity index (χ1n) is 8.12. The van der Waals surface area contributed by atoms with Crippen molar-refractivity contribution in [1.82, 2.24) is 0 Å². The Hall–Kier alpha value is -2.47. The molecule has 0 bridgehead atoms. The van der Waals surface area contributed by atoms with E-state index in [1.807, 2.05) is 31.2 Å². The molecule has 25 heavy (non-hydrogen) atoms. The molecule has 0 saturated carbocycles. The molecule has 0 fully saturated rings. The first-order chi connectivity index (χ1) is 12.1. The predicted molar refractivity (Wildman–Crippen MR) is 96.0 cm³/mol. The number of Topliss-reactive ketones (excluding diaryl/α,β-unsaturated/α-hetero) is 1. The summed E-state index contributed by atoms with van der Waals surface area (Å²) < 4.78 is 11.1. The molecule has 128 valence electrons. The summed E-state index contributed by atoms with van der Waals surface area (Å²) in [4.78, 5) is 25.2. The van der Waals surface area contributed by atoms with Crippen molar-refractivity contribution in [3.63, 3.8) is 0 Å². The fourth-order valence-electron chi connectivity index (χ4n) is 2.94. The Balaban J connectivity index is 1.45. The Bertz CT molecular complexity index is 864. The van der Waals surface area contributed by atoms with E-state index in [-0.39, 0.29) is 17.6 Å². The van der Waals surface area contributed by atoms with Gasteiger partial charge in [0.25, 0.3) is 0 Å². The minimum atomic E-state index is -0.215. The van der Waals surface area contributed by atoms with E-state index in [1.165, 1.54) is 11.8 Å². The highest BCUT2D eigenvalue weighted by atomic mass is 32.2. The molecule has 2 aliphatic heterocycles. The molecule has 1 amide bonds. The van der Waals surface area contributed by atoms with E-state index in [0.717, 1.165) is 27.6 Å². The summed E-state index contributed by atoms with van der Waals surface area (Å²) in [6.45, 7) is 2.95. The number of carbonyl (C=O) groups excluding carboxylic acids is 2. The van der Waals surface area contributed by atoms with Crippen molar-refractivity contribution in [2.24, 2.45) is 0 Å². The van der Waals surface area contributed by atoms with E-state index in [0.29, 0.717) is 24.5 Å². The van der Waals surface area contributed by atoms with E-state index >= 15 is 0 Å². The van der Waals surface area contributed by atoms with Crippen molar-refractivity contribution in [3.05, 3.63) is 47.5 Å². The fraction of sp³-hybridized carbons (Fsp3) is 0.263. The quantitative estimate of drug-likeness (QED) is 0.672. The van der Waals surface area contributed by atoms with Crippen LogP contribution in [0.5, 0.6) is 11.5 Å². The van der Waals surface area contributed by atoms with Gasteiger partial charge >= 0.3 is 0 Å². The van der Waals surface area contributed by atoms with Gasteiger partial charge in [0.05, 0.1) is 11.7 Å². The molecule has 1 atom stereocenters. The molecule has 6 heteroatoms. The molecule has 0 aliphatic carbocycles. The second kappa shape index (κ2) is 6.44. The fourth-order valence-corrected chi connectivity index (χ4v) is 3.76. The van der Waals surface area contributed by atoms with Gasteiger partial charge < -0.3 is 14.8 Å². The number of amides is 1. The van der Waals surface area contributed by atoms with Gasteiger partial charge in [-0.2, -0.15) is 0 Å². The first-order valence-corrected chi connectivity index (χ1v) is 9.11. The van der Waals surface area contributed by atoms with Crippen LogP contribution in [0.2, 0.25) is 0 Å². The lowest BCUT2D eigenvalue weighted by atomic mass is 9.99. The van der Waals surface area contributed by atoms with Crippen LogP contribution in [0.3, 0.4) is 0 Å². The second-order valence-corrected chi connectivity index (χ2v) is 7.08. The third-order valence-corrected chi connectivity index (χ3v) is 5.37. The number of rotatable bonds is 4. The van der Waals surface area contributed by atoms with Crippen LogP contribution in [0.25, 0.3) is 0 Å². The molecule has 0 spiro atoms. The lowest BCUT2D eigenvalue weighted by Gasteiger charge is -2.18. The van der Waals surface area contributed by atoms with Crippen LogP contribution in [0.1, 0.15) is 28.8 Å². The number of nitrogens with one attached hydrogen (secondary N) is 1. The van der Waals surface area contributed by atoms with Crippen LogP contribution in [0, 0.1) is 0 Å². The summed E-state index contributed by atoms with van der Waals surface area (Å²) in [6.07, 6.45) is 0. The number of thioether (sulfide) groups is 1. The summed E-state index contributed by atoms with van der Waals surface area (Å²) in [5.41, 5.74) is 2.32. The summed E-state index contributed by atoms with van der Waals surface area (Å²) in [6, 6.07) is 11.1. The van der Waals surface area contributed by atoms with Gasteiger partial charge in [-0.1, -0.05) is 0 Å². The second-order valence-electron chi connectivity index (χ2n) is 6.03. The Morgan fingerprint density at radius 3 is 2.80 bits per heavy atom. The monoisotopic (exact) mass is 355 g/mol. The van der Waals surface area contributed by atoms with Crippen molar-refractivity contribution >= 4 is 29.1 Å². The lowest BCUT2D eigenvalue weighted by molar-refractivity contribution is -0.116. The van der Waals surface area contributed by atoms with E-state index in [4.69, 9.17) is 9.47 Å². The van der Waals surface area contributed by atoms with E-state index in [2.05, 4.69) is 5.32 Å². The van der Waals surface area contributed by atoms with Crippen molar-refractivity contribution in [2.75, 3.05) is 24.3 Å². The zero-order chi connectivity index (χ0) is 17.4. The van der Waals surface area contributed by atoms with Gasteiger partial charge in [0, 0.05) is 16.1 Å². The highest BCUT2D eigenvalue weighted by Crippen LogP contribution is 2.35. The minimum absolute atomic E-state index is 0.0229. The summed E-state index contributed by atoms with van der Waals surface area (Å²) in [7, 11) is 0. The predicted octanol–water partition coefficient (Wildman–Crippen LogP) is 3.49. The third kappa shape index (κ3) is 3.09. The average molecular weight is 355 g/mol. The van der Waals surface area contributed by atoms with Gasteiger partial charge in [0.1, 0.15) is 13.2 Å². The standard InChI is InChI=1S/C19H17NO4S/c1-11-14-8-12(2-4-15(14)20-19(11)22)16(21)10-25-13-3-5-17-18(9-13)24-7-6-23-17/h2-5,8-9,11H,6-7,10H2,1H3,(H,20,22)/t11-/m1/s1. The maximum Gasteiger partial charge on any atom is 0.231 e. The van der Waals surface area contributed by atoms with E-state index < -0.39 is 0 Å². The number of hydrogen-bond acceptors (Lipinski definition) is 5. The van der Waals surface area contributed by atoms with Crippen LogP contribution in [-0.2, 0) is 4.79 Å². The van der Waals surface area contributed by atoms with Gasteiger partial charge in [0.2, 0.25) is 5.91 Å². The van der Waals surface area contributed by atoms with Crippen molar-refractivity contribution < 1.29 is 19.1 Å². The molecule has 5 nitrogen and oxygen atoms in total. The molecule has 1 N–H and O–H groups in total. The summed E-state index contributed by atoms with van der Waals surface area (Å²) >= 11 is 1.46. The van der Waals surface area contributed by atoms with Crippen LogP contribution < -0.4 is 14.8 Å². The van der Waals surface area contributed by atoms with Crippen LogP contribution in [-0.4, -0.2) is 30.7 Å². The van der Waals surface area contributed by atoms with E-state index in [9.17, 15) is 9.59 Å². The van der Waals surface area contributed by atoms with Gasteiger partial charge in [0.15, 0.2) is 17.3 Å². The molecule has 2 aliphatic rings. The molecule has 0 saturated heterocycles. The number of ketones is 1. The number of ether oxygens (including phenoxy) is 2. The molecule has 0 unspecified atom stereocenters. The number of carbonyl (C=O) groups is 2. The molecule has 2 heterocycles. The normalized spacial score (nSPS) is 17.8. The zero-order valence-electron chi connectivity index (χ0n) is 13.7. The van der Waals surface area contributed by atoms with Crippen molar-refractivity contribution in [2.45, 2.75) is 17.7 Å². The summed E-state index contributed by atoms with van der Waals surface area (Å²) in [5, 5.41) is 2.82. The number of anilines is 1. The Morgan fingerprint density at radius 1 is 1.16 bits per heavy atom. The zero-order valence-corrected chi connectivity index (χ0v) is 14.5. The van der Waals surface area contributed by atoms with Gasteiger partial charge in [-0.3, -0.25) is 9.59 Å². The Kier molecular flexibility index (Phi) is 4.13. The average Bonchev–Trinajstić information content (AvgIpc) is 2.93. The summed E-state index contributed by atoms with van der Waals surface area (Å²) in [5.74, 6) is 1.59. The molecule has 2 aromatic rings. The molecule has 0 radical (unpaired) electrons. The third-order valence-electron chi connectivity index (χ3n) is 4.37. The van der Waals surface area contributed by atoms with Crippen molar-refractivity contribution in [1.29, 1.82) is 0 Å². The van der Waals surface area contributed by atoms with Crippen LogP contribution >= 0.6 is 11.8 Å². The molecule has 2 aromatic carbocycles. The van der Waals surface area contributed by atoms with Gasteiger partial charge in [-0.25, -0.2) is 0 Å². The SMILES string of the molecule is C[C@H]1C(=O)Nc2ccc(C(=O)CSc3ccc4c(c3)OCCO4)cc21. The molecule has 0 aromatic heterocycles. The number of benzene rings is 2. The topological polar surface area (TPSA) is 64.6 Å². The number of fused-ring (bicyclic) bond motifs is 2. The maximum atomic E-state index is 12.5. The Labute approximate surface area is 149 Å². The Morgan fingerprint density at radius 2 is 1.96 bits per heavy atom. The molecule has 4 rings (SSSR count). The largest absolute Gasteiger partial charge is 0.486 e. The first kappa shape index (κ1) is 16.0. The highest BCUT2D eigenvalue weighted by molar-refractivity contribution is 8.00. The van der Waals surface area contributed by atoms with Crippen LogP contribution in [0.4, 0.5) is 5.69 Å². The maximum absolute atomic E-state index is 12.5.